The number of nitrogens with one attached hydrogen (secondary N) is 2. The molecule has 1 saturated carbocycles. The third kappa shape index (κ3) is 2.62. The fourth-order valence-corrected chi connectivity index (χ4v) is 2.55. The second kappa shape index (κ2) is 5.03. The Kier molecular flexibility index (Phi) is 3.23. The van der Waals surface area contributed by atoms with Crippen molar-refractivity contribution in [1.29, 1.82) is 0 Å². The average molecular weight is 258 g/mol. The SMILES string of the molecule is O=C1CCc2cc(CNC(=O)C3CCC3)ccc2N1. The quantitative estimate of drug-likeness (QED) is 0.871. The minimum atomic E-state index is 0.0820. The maximum Gasteiger partial charge on any atom is 0.224 e. The van der Waals surface area contributed by atoms with Crippen LogP contribution in [0, 0.1) is 5.92 Å². The zero-order valence-corrected chi connectivity index (χ0v) is 10.9. The van der Waals surface area contributed by atoms with Crippen molar-refractivity contribution in [3.63, 3.8) is 0 Å². The largest absolute Gasteiger partial charge is 0.352 e. The van der Waals surface area contributed by atoms with Crippen molar-refractivity contribution in [3.8, 4) is 0 Å². The number of amides is 2. The molecule has 19 heavy (non-hydrogen) atoms. The van der Waals surface area contributed by atoms with E-state index in [1.165, 1.54) is 6.42 Å². The summed E-state index contributed by atoms with van der Waals surface area (Å²) in [5.41, 5.74) is 3.17. The van der Waals surface area contributed by atoms with E-state index in [2.05, 4.69) is 16.7 Å². The molecule has 1 heterocycles. The van der Waals surface area contributed by atoms with E-state index in [1.54, 1.807) is 0 Å². The molecule has 1 aliphatic heterocycles. The molecule has 1 aromatic rings. The van der Waals surface area contributed by atoms with Crippen LogP contribution in [0.3, 0.4) is 0 Å². The summed E-state index contributed by atoms with van der Waals surface area (Å²) in [5.74, 6) is 0.493. The minimum Gasteiger partial charge on any atom is -0.352 e. The molecule has 100 valence electrons. The van der Waals surface area contributed by atoms with Gasteiger partial charge in [-0.25, -0.2) is 0 Å². The van der Waals surface area contributed by atoms with Crippen molar-refractivity contribution in [3.05, 3.63) is 29.3 Å². The van der Waals surface area contributed by atoms with Gasteiger partial charge in [0.1, 0.15) is 0 Å². The predicted molar refractivity (Wildman–Crippen MR) is 72.6 cm³/mol. The van der Waals surface area contributed by atoms with E-state index in [-0.39, 0.29) is 17.7 Å². The fraction of sp³-hybridized carbons (Fsp3) is 0.467. The molecule has 0 aromatic heterocycles. The highest BCUT2D eigenvalue weighted by Gasteiger charge is 2.24. The number of anilines is 1. The standard InChI is InChI=1S/C15H18N2O2/c18-14-7-5-12-8-10(4-6-13(12)17-14)9-16-15(19)11-2-1-3-11/h4,6,8,11H,1-3,5,7,9H2,(H,16,19)(H,17,18). The Morgan fingerprint density at radius 3 is 2.89 bits per heavy atom. The third-order valence-corrected chi connectivity index (χ3v) is 4.01. The molecule has 0 saturated heterocycles. The molecular weight excluding hydrogens is 240 g/mol. The first kappa shape index (κ1) is 12.2. The summed E-state index contributed by atoms with van der Waals surface area (Å²) in [6.45, 7) is 0.580. The van der Waals surface area contributed by atoms with Gasteiger partial charge in [0, 0.05) is 24.6 Å². The van der Waals surface area contributed by atoms with Gasteiger partial charge in [-0.15, -0.1) is 0 Å². The number of hydrogen-bond donors (Lipinski definition) is 2. The highest BCUT2D eigenvalue weighted by atomic mass is 16.2. The van der Waals surface area contributed by atoms with Crippen molar-refractivity contribution >= 4 is 17.5 Å². The van der Waals surface area contributed by atoms with Gasteiger partial charge in [-0.2, -0.15) is 0 Å². The van der Waals surface area contributed by atoms with Crippen LogP contribution in [-0.4, -0.2) is 11.8 Å². The Hall–Kier alpha value is -1.84. The van der Waals surface area contributed by atoms with Crippen LogP contribution in [0.15, 0.2) is 18.2 Å². The topological polar surface area (TPSA) is 58.2 Å². The van der Waals surface area contributed by atoms with Crippen LogP contribution in [-0.2, 0) is 22.6 Å². The highest BCUT2D eigenvalue weighted by molar-refractivity contribution is 5.93. The van der Waals surface area contributed by atoms with Gasteiger partial charge >= 0.3 is 0 Å². The number of hydrogen-bond acceptors (Lipinski definition) is 2. The first-order valence-electron chi connectivity index (χ1n) is 6.92. The summed E-state index contributed by atoms with van der Waals surface area (Å²) in [7, 11) is 0. The lowest BCUT2D eigenvalue weighted by atomic mass is 9.85. The lowest BCUT2D eigenvalue weighted by molar-refractivity contribution is -0.127. The summed E-state index contributed by atoms with van der Waals surface area (Å²) in [6.07, 6.45) is 4.57. The molecule has 1 aromatic carbocycles. The molecule has 3 rings (SSSR count). The Morgan fingerprint density at radius 1 is 1.32 bits per heavy atom. The maximum absolute atomic E-state index is 11.8. The van der Waals surface area contributed by atoms with Crippen LogP contribution < -0.4 is 10.6 Å². The summed E-state index contributed by atoms with van der Waals surface area (Å²) >= 11 is 0. The normalized spacial score (nSPS) is 18.2. The molecule has 0 unspecified atom stereocenters. The summed E-state index contributed by atoms with van der Waals surface area (Å²) in [6, 6.07) is 5.97. The van der Waals surface area contributed by atoms with Crippen molar-refractivity contribution in [1.82, 2.24) is 5.32 Å². The van der Waals surface area contributed by atoms with Crippen LogP contribution in [0.1, 0.15) is 36.8 Å². The van der Waals surface area contributed by atoms with Crippen LogP contribution in [0.4, 0.5) is 5.69 Å². The van der Waals surface area contributed by atoms with Crippen LogP contribution in [0.5, 0.6) is 0 Å². The summed E-state index contributed by atoms with van der Waals surface area (Å²) in [5, 5.41) is 5.85. The van der Waals surface area contributed by atoms with Gasteiger partial charge in [0.25, 0.3) is 0 Å². The molecule has 0 radical (unpaired) electrons. The molecule has 4 heteroatoms. The van der Waals surface area contributed by atoms with E-state index in [0.717, 1.165) is 36.1 Å². The Labute approximate surface area is 112 Å². The van der Waals surface area contributed by atoms with Crippen LogP contribution >= 0.6 is 0 Å². The summed E-state index contributed by atoms with van der Waals surface area (Å²) < 4.78 is 0. The fourth-order valence-electron chi connectivity index (χ4n) is 2.55. The molecule has 0 spiro atoms. The van der Waals surface area contributed by atoms with Gasteiger partial charge in [0.05, 0.1) is 0 Å². The molecule has 1 aliphatic carbocycles. The second-order valence-electron chi connectivity index (χ2n) is 5.39. The van der Waals surface area contributed by atoms with E-state index in [0.29, 0.717) is 13.0 Å². The smallest absolute Gasteiger partial charge is 0.224 e. The molecule has 2 amide bonds. The molecule has 1 fully saturated rings. The minimum absolute atomic E-state index is 0.0820. The number of benzene rings is 1. The van der Waals surface area contributed by atoms with Gasteiger partial charge in [-0.1, -0.05) is 18.6 Å². The molecule has 2 aliphatic rings. The second-order valence-corrected chi connectivity index (χ2v) is 5.39. The Balaban J connectivity index is 1.62. The van der Waals surface area contributed by atoms with Gasteiger partial charge in [0.15, 0.2) is 0 Å². The average Bonchev–Trinajstić information content (AvgIpc) is 2.34. The predicted octanol–water partition coefficient (Wildman–Crippen LogP) is 1.99. The molecule has 4 nitrogen and oxygen atoms in total. The van der Waals surface area contributed by atoms with Crippen molar-refractivity contribution in [2.24, 2.45) is 5.92 Å². The molecule has 0 atom stereocenters. The molecule has 0 bridgehead atoms. The van der Waals surface area contributed by atoms with Crippen molar-refractivity contribution in [2.45, 2.75) is 38.6 Å². The van der Waals surface area contributed by atoms with Crippen LogP contribution in [0.2, 0.25) is 0 Å². The van der Waals surface area contributed by atoms with Gasteiger partial charge < -0.3 is 10.6 Å². The van der Waals surface area contributed by atoms with Crippen molar-refractivity contribution < 1.29 is 9.59 Å². The number of fused-ring (bicyclic) bond motifs is 1. The first-order valence-corrected chi connectivity index (χ1v) is 6.92. The molecular formula is C15H18N2O2. The van der Waals surface area contributed by atoms with E-state index in [1.807, 2.05) is 12.1 Å². The Bertz CT molecular complexity index is 521. The number of carbonyl (C=O) groups is 2. The van der Waals surface area contributed by atoms with Crippen molar-refractivity contribution in [2.75, 3.05) is 5.32 Å². The monoisotopic (exact) mass is 258 g/mol. The lowest BCUT2D eigenvalue weighted by Crippen LogP contribution is -2.34. The van der Waals surface area contributed by atoms with E-state index >= 15 is 0 Å². The van der Waals surface area contributed by atoms with E-state index < -0.39 is 0 Å². The van der Waals surface area contributed by atoms with E-state index in [9.17, 15) is 9.59 Å². The zero-order chi connectivity index (χ0) is 13.2. The number of aryl methyl sites for hydroxylation is 1. The zero-order valence-electron chi connectivity index (χ0n) is 10.9. The van der Waals surface area contributed by atoms with E-state index in [4.69, 9.17) is 0 Å². The number of rotatable bonds is 3. The van der Waals surface area contributed by atoms with Gasteiger partial charge in [0.2, 0.25) is 11.8 Å². The lowest BCUT2D eigenvalue weighted by Gasteiger charge is -2.24. The first-order chi connectivity index (χ1) is 9.22. The van der Waals surface area contributed by atoms with Crippen LogP contribution in [0.25, 0.3) is 0 Å². The third-order valence-electron chi connectivity index (χ3n) is 4.01. The number of carbonyl (C=O) groups excluding carboxylic acids is 2. The molecule has 2 N–H and O–H groups in total. The highest BCUT2D eigenvalue weighted by Crippen LogP contribution is 2.27. The maximum atomic E-state index is 11.8. The summed E-state index contributed by atoms with van der Waals surface area (Å²) in [4.78, 5) is 23.0. The van der Waals surface area contributed by atoms with Gasteiger partial charge in [-0.05, 0) is 36.5 Å². The van der Waals surface area contributed by atoms with Gasteiger partial charge in [-0.3, -0.25) is 9.59 Å². The Morgan fingerprint density at radius 2 is 2.16 bits per heavy atom.